The second-order valence-corrected chi connectivity index (χ2v) is 9.98. The van der Waals surface area contributed by atoms with E-state index in [0.29, 0.717) is 5.56 Å². The number of alkyl halides is 4. The molecule has 0 N–H and O–H groups in total. The van der Waals surface area contributed by atoms with Gasteiger partial charge in [-0.1, -0.05) is 58.5 Å². The minimum absolute atomic E-state index is 0.146. The molecule has 2 amide bonds. The van der Waals surface area contributed by atoms with Crippen LogP contribution in [0.1, 0.15) is 17.3 Å². The number of Topliss-reactive ketones (excluding diaryl/α,β-unsaturated/α-hetero) is 1. The third kappa shape index (κ3) is 2.02. The van der Waals surface area contributed by atoms with Gasteiger partial charge in [0, 0.05) is 5.56 Å². The van der Waals surface area contributed by atoms with Crippen LogP contribution in [0.15, 0.2) is 34.3 Å². The minimum Gasteiger partial charge on any atom is -0.295 e. The lowest BCUT2D eigenvalue weighted by Crippen LogP contribution is -2.50. The maximum atomic E-state index is 13.2. The zero-order valence-corrected chi connectivity index (χ0v) is 17.9. The number of fused-ring (bicyclic) bond motifs is 5. The maximum absolute atomic E-state index is 13.2. The predicted octanol–water partition coefficient (Wildman–Crippen LogP) is 4.84. The van der Waals surface area contributed by atoms with Gasteiger partial charge in [-0.25, -0.2) is 4.90 Å². The van der Waals surface area contributed by atoms with Crippen LogP contribution in [0, 0.1) is 11.8 Å². The molecular formula is C17H9Cl6NO3. The average molecular weight is 488 g/mol. The monoisotopic (exact) mass is 485 g/mol. The number of ketones is 1. The van der Waals surface area contributed by atoms with E-state index in [0.717, 1.165) is 4.90 Å². The minimum atomic E-state index is -1.97. The van der Waals surface area contributed by atoms with Crippen LogP contribution in [0.4, 0.5) is 5.69 Å². The zero-order valence-electron chi connectivity index (χ0n) is 13.4. The summed E-state index contributed by atoms with van der Waals surface area (Å²) in [5, 5.41) is -0.292. The fourth-order valence-electron chi connectivity index (χ4n) is 4.11. The molecular weight excluding hydrogens is 479 g/mol. The van der Waals surface area contributed by atoms with E-state index in [1.54, 1.807) is 12.1 Å². The van der Waals surface area contributed by atoms with Crippen LogP contribution in [0.3, 0.4) is 0 Å². The Labute approximate surface area is 184 Å². The third-order valence-corrected chi connectivity index (χ3v) is 9.68. The summed E-state index contributed by atoms with van der Waals surface area (Å²) in [5.41, 5.74) is 0.557. The Morgan fingerprint density at radius 3 is 1.89 bits per heavy atom. The number of allylic oxidation sites excluding steroid dienone is 2. The normalized spacial score (nSPS) is 36.6. The number of hydrogen-bond acceptors (Lipinski definition) is 3. The van der Waals surface area contributed by atoms with Crippen molar-refractivity contribution >= 4 is 92.9 Å². The molecule has 10 heteroatoms. The number of halogens is 6. The smallest absolute Gasteiger partial charge is 0.240 e. The van der Waals surface area contributed by atoms with Gasteiger partial charge in [-0.2, -0.15) is 0 Å². The summed E-state index contributed by atoms with van der Waals surface area (Å²) in [5.74, 6) is -3.93. The molecule has 4 nitrogen and oxygen atoms in total. The van der Waals surface area contributed by atoms with Crippen LogP contribution in [0.5, 0.6) is 0 Å². The van der Waals surface area contributed by atoms with Crippen molar-refractivity contribution in [3.63, 3.8) is 0 Å². The summed E-state index contributed by atoms with van der Waals surface area (Å²) in [6, 6.07) is 6.10. The van der Waals surface area contributed by atoms with Gasteiger partial charge >= 0.3 is 0 Å². The largest absolute Gasteiger partial charge is 0.295 e. The van der Waals surface area contributed by atoms with Crippen molar-refractivity contribution in [3.8, 4) is 0 Å². The number of nitrogens with zero attached hydrogens (tertiary/aromatic N) is 1. The molecule has 0 unspecified atom stereocenters. The van der Waals surface area contributed by atoms with Crippen LogP contribution in [-0.2, 0) is 9.59 Å². The number of amides is 2. The van der Waals surface area contributed by atoms with E-state index in [2.05, 4.69) is 0 Å². The molecule has 1 aromatic carbocycles. The first kappa shape index (κ1) is 19.8. The Morgan fingerprint density at radius 1 is 0.963 bits per heavy atom. The van der Waals surface area contributed by atoms with Crippen molar-refractivity contribution in [2.75, 3.05) is 4.90 Å². The molecule has 1 aromatic rings. The van der Waals surface area contributed by atoms with Crippen LogP contribution in [0.2, 0.25) is 0 Å². The molecule has 4 atom stereocenters. The first-order chi connectivity index (χ1) is 12.4. The highest BCUT2D eigenvalue weighted by atomic mass is 35.5. The lowest BCUT2D eigenvalue weighted by molar-refractivity contribution is -0.123. The second-order valence-electron chi connectivity index (χ2n) is 6.70. The summed E-state index contributed by atoms with van der Waals surface area (Å²) in [4.78, 5) is 35.3. The van der Waals surface area contributed by atoms with E-state index in [1.165, 1.54) is 19.1 Å². The van der Waals surface area contributed by atoms with Crippen molar-refractivity contribution < 1.29 is 14.4 Å². The molecule has 1 saturated carbocycles. The van der Waals surface area contributed by atoms with Crippen molar-refractivity contribution in [2.24, 2.45) is 11.8 Å². The highest BCUT2D eigenvalue weighted by Crippen LogP contribution is 2.77. The lowest BCUT2D eigenvalue weighted by Gasteiger charge is -2.34. The molecule has 4 rings (SSSR count). The molecule has 0 spiro atoms. The van der Waals surface area contributed by atoms with Crippen LogP contribution < -0.4 is 4.90 Å². The molecule has 142 valence electrons. The van der Waals surface area contributed by atoms with Gasteiger partial charge in [-0.3, -0.25) is 14.4 Å². The Hall–Kier alpha value is -0.490. The number of anilines is 1. The van der Waals surface area contributed by atoms with Gasteiger partial charge in [-0.15, -0.1) is 23.2 Å². The van der Waals surface area contributed by atoms with Crippen molar-refractivity contribution in [3.05, 3.63) is 39.9 Å². The fraction of sp³-hybridized carbons (Fsp3) is 0.353. The maximum Gasteiger partial charge on any atom is 0.240 e. The summed E-state index contributed by atoms with van der Waals surface area (Å²) in [6.45, 7) is 1.38. The molecule has 0 radical (unpaired) electrons. The van der Waals surface area contributed by atoms with E-state index in [1.807, 2.05) is 0 Å². The van der Waals surface area contributed by atoms with Crippen molar-refractivity contribution in [2.45, 2.75) is 21.0 Å². The molecule has 1 heterocycles. The van der Waals surface area contributed by atoms with Crippen LogP contribution in [0.25, 0.3) is 0 Å². The topological polar surface area (TPSA) is 54.5 Å². The van der Waals surface area contributed by atoms with Crippen LogP contribution >= 0.6 is 69.6 Å². The Kier molecular flexibility index (Phi) is 4.24. The third-order valence-electron chi connectivity index (χ3n) is 5.42. The van der Waals surface area contributed by atoms with Crippen LogP contribution in [-0.4, -0.2) is 31.7 Å². The Bertz CT molecular complexity index is 929. The van der Waals surface area contributed by atoms with Gasteiger partial charge in [-0.05, 0) is 19.1 Å². The molecule has 27 heavy (non-hydrogen) atoms. The summed E-state index contributed by atoms with van der Waals surface area (Å²) in [6.07, 6.45) is 0. The fourth-order valence-corrected chi connectivity index (χ4v) is 7.04. The summed E-state index contributed by atoms with van der Waals surface area (Å²) < 4.78 is -1.97. The van der Waals surface area contributed by atoms with Gasteiger partial charge in [0.2, 0.25) is 11.8 Å². The SMILES string of the molecule is CC(=O)c1cccc(N2C(=O)[C@@H]3[C@@H](C2=O)[C@@]2(Cl)C(Cl)=C(Cl)[C@@]3(Cl)C2(Cl)Cl)c1. The molecule has 0 aromatic heterocycles. The number of benzene rings is 1. The highest BCUT2D eigenvalue weighted by Gasteiger charge is 2.87. The standard InChI is InChI=1S/C17H9Cl6NO3/c1-6(25)7-3-2-4-8(5-7)24-13(26)9-10(14(24)27)16(21)12(19)11(18)15(9,20)17(16,22)23/h2-5,9-10H,1H3/t9-,10-,15+,16+/m0/s1. The number of hydrogen-bond donors (Lipinski definition) is 0. The molecule has 1 saturated heterocycles. The number of imide groups is 1. The van der Waals surface area contributed by atoms with Crippen molar-refractivity contribution in [1.82, 2.24) is 0 Å². The highest BCUT2D eigenvalue weighted by molar-refractivity contribution is 6.67. The van der Waals surface area contributed by atoms with Gasteiger partial charge < -0.3 is 0 Å². The van der Waals surface area contributed by atoms with Gasteiger partial charge in [0.05, 0.1) is 27.6 Å². The predicted molar refractivity (Wildman–Crippen MR) is 106 cm³/mol. The average Bonchev–Trinajstić information content (AvgIpc) is 2.99. The van der Waals surface area contributed by atoms with E-state index < -0.39 is 37.7 Å². The Morgan fingerprint density at radius 2 is 1.44 bits per heavy atom. The first-order valence-electron chi connectivity index (χ1n) is 7.73. The Balaban J connectivity index is 1.89. The van der Waals surface area contributed by atoms with Gasteiger partial charge in [0.1, 0.15) is 9.75 Å². The van der Waals surface area contributed by atoms with Gasteiger partial charge in [0.15, 0.2) is 10.1 Å². The molecule has 3 aliphatic rings. The van der Waals surface area contributed by atoms with Gasteiger partial charge in [0.25, 0.3) is 0 Å². The van der Waals surface area contributed by atoms with E-state index in [-0.39, 0.29) is 21.5 Å². The number of carbonyl (C=O) groups excluding carboxylic acids is 3. The summed E-state index contributed by atoms with van der Waals surface area (Å²) >= 11 is 38.6. The molecule has 1 aliphatic heterocycles. The molecule has 2 aliphatic carbocycles. The quantitative estimate of drug-likeness (QED) is 0.341. The summed E-state index contributed by atoms with van der Waals surface area (Å²) in [7, 11) is 0. The first-order valence-corrected chi connectivity index (χ1v) is 9.99. The van der Waals surface area contributed by atoms with E-state index >= 15 is 0 Å². The van der Waals surface area contributed by atoms with Crippen molar-refractivity contribution in [1.29, 1.82) is 0 Å². The second kappa shape index (κ2) is 5.78. The number of rotatable bonds is 2. The van der Waals surface area contributed by atoms with E-state index in [4.69, 9.17) is 69.6 Å². The zero-order chi connectivity index (χ0) is 20.1. The molecule has 2 fully saturated rings. The van der Waals surface area contributed by atoms with E-state index in [9.17, 15) is 14.4 Å². The lowest BCUT2D eigenvalue weighted by atomic mass is 9.84. The number of carbonyl (C=O) groups is 3. The molecule has 2 bridgehead atoms.